The van der Waals surface area contributed by atoms with E-state index in [-0.39, 0.29) is 11.8 Å². The molecule has 2 fully saturated rings. The van der Waals surface area contributed by atoms with E-state index in [1.807, 2.05) is 9.80 Å². The van der Waals surface area contributed by atoms with Crippen molar-refractivity contribution in [3.05, 3.63) is 0 Å². The van der Waals surface area contributed by atoms with E-state index in [1.54, 1.807) is 6.92 Å². The minimum atomic E-state index is -0.455. The number of ether oxygens (including phenoxy) is 1. The van der Waals surface area contributed by atoms with Crippen molar-refractivity contribution in [3.8, 4) is 0 Å². The van der Waals surface area contributed by atoms with Gasteiger partial charge in [0.05, 0.1) is 5.41 Å². The van der Waals surface area contributed by atoms with Crippen LogP contribution in [0, 0.1) is 5.41 Å². The molecule has 2 aliphatic heterocycles. The van der Waals surface area contributed by atoms with Crippen LogP contribution in [0.3, 0.4) is 0 Å². The van der Waals surface area contributed by atoms with E-state index in [2.05, 4.69) is 0 Å². The third-order valence-corrected chi connectivity index (χ3v) is 4.52. The normalized spacial score (nSPS) is 23.3. The Kier molecular flexibility index (Phi) is 4.99. The molecule has 0 aromatic heterocycles. The number of nitrogens with two attached hydrogens (primary N) is 1. The molecule has 0 saturated carbocycles. The van der Waals surface area contributed by atoms with Crippen LogP contribution in [0.5, 0.6) is 0 Å². The van der Waals surface area contributed by atoms with E-state index in [1.165, 1.54) is 0 Å². The zero-order valence-corrected chi connectivity index (χ0v) is 12.3. The Morgan fingerprint density at radius 1 is 1.10 bits per heavy atom. The van der Waals surface area contributed by atoms with E-state index >= 15 is 0 Å². The van der Waals surface area contributed by atoms with Crippen molar-refractivity contribution in [1.29, 1.82) is 0 Å². The van der Waals surface area contributed by atoms with Gasteiger partial charge in [-0.05, 0) is 19.3 Å². The first-order chi connectivity index (χ1) is 9.59. The van der Waals surface area contributed by atoms with Crippen molar-refractivity contribution in [2.24, 2.45) is 11.1 Å². The largest absolute Gasteiger partial charge is 0.381 e. The molecule has 2 amide bonds. The number of carbonyl (C=O) groups is 2. The minimum absolute atomic E-state index is 0.0823. The Balaban J connectivity index is 2.02. The molecule has 6 heteroatoms. The molecular formula is C14H25N3O3. The van der Waals surface area contributed by atoms with Crippen LogP contribution in [0.4, 0.5) is 0 Å². The SMILES string of the molecule is CC(=O)N1CCCN(C(=O)C2(CN)CCOCC2)CC1. The predicted molar refractivity (Wildman–Crippen MR) is 75.0 cm³/mol. The Labute approximate surface area is 120 Å². The zero-order chi connectivity index (χ0) is 14.6. The minimum Gasteiger partial charge on any atom is -0.381 e. The molecule has 2 saturated heterocycles. The first kappa shape index (κ1) is 15.3. The van der Waals surface area contributed by atoms with Crippen LogP contribution in [0.1, 0.15) is 26.2 Å². The highest BCUT2D eigenvalue weighted by Gasteiger charge is 2.41. The quantitative estimate of drug-likeness (QED) is 0.763. The lowest BCUT2D eigenvalue weighted by Gasteiger charge is -2.38. The van der Waals surface area contributed by atoms with Crippen molar-refractivity contribution in [3.63, 3.8) is 0 Å². The second-order valence-electron chi connectivity index (χ2n) is 5.75. The van der Waals surface area contributed by atoms with Gasteiger partial charge in [0.1, 0.15) is 0 Å². The summed E-state index contributed by atoms with van der Waals surface area (Å²) in [5.41, 5.74) is 5.44. The number of hydrogen-bond acceptors (Lipinski definition) is 4. The summed E-state index contributed by atoms with van der Waals surface area (Å²) in [7, 11) is 0. The van der Waals surface area contributed by atoms with Gasteiger partial charge in [-0.2, -0.15) is 0 Å². The highest BCUT2D eigenvalue weighted by atomic mass is 16.5. The molecule has 0 spiro atoms. The number of nitrogens with zero attached hydrogens (tertiary/aromatic N) is 2. The van der Waals surface area contributed by atoms with Gasteiger partial charge in [-0.3, -0.25) is 9.59 Å². The van der Waals surface area contributed by atoms with E-state index in [0.29, 0.717) is 52.2 Å². The summed E-state index contributed by atoms with van der Waals surface area (Å²) in [6, 6.07) is 0. The van der Waals surface area contributed by atoms with Gasteiger partial charge in [-0.25, -0.2) is 0 Å². The number of hydrogen-bond donors (Lipinski definition) is 1. The van der Waals surface area contributed by atoms with E-state index in [4.69, 9.17) is 10.5 Å². The van der Waals surface area contributed by atoms with Crippen molar-refractivity contribution < 1.29 is 14.3 Å². The third-order valence-electron chi connectivity index (χ3n) is 4.52. The summed E-state index contributed by atoms with van der Waals surface area (Å²) in [5, 5.41) is 0. The number of rotatable bonds is 2. The Morgan fingerprint density at radius 3 is 2.30 bits per heavy atom. The molecule has 0 atom stereocenters. The van der Waals surface area contributed by atoms with Gasteiger partial charge < -0.3 is 20.3 Å². The maximum atomic E-state index is 12.8. The first-order valence-corrected chi connectivity index (χ1v) is 7.42. The fourth-order valence-corrected chi connectivity index (χ4v) is 3.04. The Hall–Kier alpha value is -1.14. The third kappa shape index (κ3) is 3.12. The van der Waals surface area contributed by atoms with Crippen LogP contribution in [-0.4, -0.2) is 67.6 Å². The molecule has 0 unspecified atom stereocenters. The summed E-state index contributed by atoms with van der Waals surface area (Å²) in [5.74, 6) is 0.229. The monoisotopic (exact) mass is 283 g/mol. The van der Waals surface area contributed by atoms with E-state index in [9.17, 15) is 9.59 Å². The molecule has 2 heterocycles. The van der Waals surface area contributed by atoms with Crippen LogP contribution in [0.2, 0.25) is 0 Å². The van der Waals surface area contributed by atoms with Gasteiger partial charge in [-0.15, -0.1) is 0 Å². The van der Waals surface area contributed by atoms with Gasteiger partial charge in [-0.1, -0.05) is 0 Å². The molecule has 114 valence electrons. The highest BCUT2D eigenvalue weighted by Crippen LogP contribution is 2.32. The van der Waals surface area contributed by atoms with Crippen LogP contribution in [0.25, 0.3) is 0 Å². The van der Waals surface area contributed by atoms with Crippen molar-refractivity contribution in [1.82, 2.24) is 9.80 Å². The lowest BCUT2D eigenvalue weighted by molar-refractivity contribution is -0.147. The summed E-state index contributed by atoms with van der Waals surface area (Å²) in [4.78, 5) is 28.0. The standard InChI is InChI=1S/C14H25N3O3/c1-12(18)16-5-2-6-17(8-7-16)13(19)14(11-15)3-9-20-10-4-14/h2-11,15H2,1H3. The molecule has 0 bridgehead atoms. The maximum absolute atomic E-state index is 12.8. The maximum Gasteiger partial charge on any atom is 0.230 e. The second kappa shape index (κ2) is 6.54. The average molecular weight is 283 g/mol. The lowest BCUT2D eigenvalue weighted by Crippen LogP contribution is -2.51. The van der Waals surface area contributed by atoms with Gasteiger partial charge in [0.2, 0.25) is 11.8 Å². The van der Waals surface area contributed by atoms with E-state index < -0.39 is 5.41 Å². The fraction of sp³-hybridized carbons (Fsp3) is 0.857. The number of carbonyl (C=O) groups excluding carboxylic acids is 2. The molecule has 2 N–H and O–H groups in total. The molecule has 0 aromatic carbocycles. The Morgan fingerprint density at radius 2 is 1.70 bits per heavy atom. The highest BCUT2D eigenvalue weighted by molar-refractivity contribution is 5.83. The lowest BCUT2D eigenvalue weighted by atomic mass is 9.79. The van der Waals surface area contributed by atoms with Gasteiger partial charge >= 0.3 is 0 Å². The van der Waals surface area contributed by atoms with Crippen molar-refractivity contribution >= 4 is 11.8 Å². The molecule has 2 rings (SSSR count). The van der Waals surface area contributed by atoms with E-state index in [0.717, 1.165) is 13.0 Å². The Bertz CT molecular complexity index is 367. The number of amides is 2. The topological polar surface area (TPSA) is 75.9 Å². The molecule has 20 heavy (non-hydrogen) atoms. The fourth-order valence-electron chi connectivity index (χ4n) is 3.04. The van der Waals surface area contributed by atoms with Gasteiger partial charge in [0, 0.05) is 52.9 Å². The van der Waals surface area contributed by atoms with Crippen LogP contribution in [0.15, 0.2) is 0 Å². The molecule has 0 aromatic rings. The predicted octanol–water partition coefficient (Wildman–Crippen LogP) is -0.177. The molecule has 0 aliphatic carbocycles. The smallest absolute Gasteiger partial charge is 0.230 e. The molecule has 6 nitrogen and oxygen atoms in total. The summed E-state index contributed by atoms with van der Waals surface area (Å²) in [6.07, 6.45) is 2.24. The summed E-state index contributed by atoms with van der Waals surface area (Å²) >= 11 is 0. The van der Waals surface area contributed by atoms with Crippen LogP contribution >= 0.6 is 0 Å². The first-order valence-electron chi connectivity index (χ1n) is 7.42. The zero-order valence-electron chi connectivity index (χ0n) is 12.3. The van der Waals surface area contributed by atoms with Crippen LogP contribution < -0.4 is 5.73 Å². The van der Waals surface area contributed by atoms with Crippen molar-refractivity contribution in [2.45, 2.75) is 26.2 Å². The second-order valence-corrected chi connectivity index (χ2v) is 5.75. The molecular weight excluding hydrogens is 258 g/mol. The summed E-state index contributed by atoms with van der Waals surface area (Å²) in [6.45, 7) is 5.86. The van der Waals surface area contributed by atoms with Gasteiger partial charge in [0.25, 0.3) is 0 Å². The summed E-state index contributed by atoms with van der Waals surface area (Å²) < 4.78 is 5.36. The molecule has 2 aliphatic rings. The van der Waals surface area contributed by atoms with Crippen molar-refractivity contribution in [2.75, 3.05) is 45.9 Å². The van der Waals surface area contributed by atoms with Gasteiger partial charge in [0.15, 0.2) is 0 Å². The van der Waals surface area contributed by atoms with Crippen LogP contribution in [-0.2, 0) is 14.3 Å². The average Bonchev–Trinajstić information content (AvgIpc) is 2.73. The molecule has 0 radical (unpaired) electrons.